The first-order valence-electron chi connectivity index (χ1n) is 10.7. The summed E-state index contributed by atoms with van der Waals surface area (Å²) in [4.78, 5) is 27.7. The van der Waals surface area contributed by atoms with Crippen molar-refractivity contribution in [1.82, 2.24) is 5.32 Å². The van der Waals surface area contributed by atoms with Crippen molar-refractivity contribution in [2.24, 2.45) is 0 Å². The number of anilines is 2. The lowest BCUT2D eigenvalue weighted by Gasteiger charge is -2.29. The van der Waals surface area contributed by atoms with Crippen molar-refractivity contribution in [3.8, 4) is 6.07 Å². The molecule has 1 aliphatic rings. The Labute approximate surface area is 205 Å². The van der Waals surface area contributed by atoms with Crippen molar-refractivity contribution in [2.45, 2.75) is 45.3 Å². The zero-order valence-electron chi connectivity index (χ0n) is 19.2. The molecule has 3 rings (SSSR count). The highest BCUT2D eigenvalue weighted by molar-refractivity contribution is 7.81. The molecule has 0 radical (unpaired) electrons. The molecule has 0 aliphatic carbocycles. The second-order valence-corrected chi connectivity index (χ2v) is 8.80. The first-order valence-corrected chi connectivity index (χ1v) is 11.1. The van der Waals surface area contributed by atoms with Gasteiger partial charge in [-0.2, -0.15) is 18.4 Å². The Morgan fingerprint density at radius 1 is 1.17 bits per heavy atom. The first-order chi connectivity index (χ1) is 16.3. The Balaban J connectivity index is 1.99. The van der Waals surface area contributed by atoms with Crippen LogP contribution in [-0.2, 0) is 11.0 Å². The van der Waals surface area contributed by atoms with E-state index >= 15 is 0 Å². The van der Waals surface area contributed by atoms with E-state index in [4.69, 9.17) is 17.5 Å². The number of nitrogens with one attached hydrogen (secondary N) is 1. The number of nitriles is 1. The zero-order valence-corrected chi connectivity index (χ0v) is 20.0. The quantitative estimate of drug-likeness (QED) is 0.333. The Kier molecular flexibility index (Phi) is 7.17. The molecule has 0 spiro atoms. The van der Waals surface area contributed by atoms with Crippen LogP contribution in [-0.4, -0.2) is 29.0 Å². The standard InChI is InChI=1S/C24H22F4N4O2S/c1-4-5-10-30-20(33)17-9-8-16(12-19(17)25)32-22(35)31(21(34)23(32,2)3)15-7-6-14(13-29)18(11-15)24(26,27)28/h6-9,11-12H,4-5,10H2,1-3H3,(H,30,33). The number of alkyl halides is 3. The lowest BCUT2D eigenvalue weighted by Crippen LogP contribution is -2.44. The summed E-state index contributed by atoms with van der Waals surface area (Å²) in [5, 5.41) is 11.5. The second-order valence-electron chi connectivity index (χ2n) is 8.43. The molecule has 2 amide bonds. The molecule has 0 aromatic heterocycles. The van der Waals surface area contributed by atoms with E-state index in [2.05, 4.69) is 5.32 Å². The summed E-state index contributed by atoms with van der Waals surface area (Å²) in [5.41, 5.74) is -3.37. The Morgan fingerprint density at radius 3 is 2.40 bits per heavy atom. The number of hydrogen-bond acceptors (Lipinski definition) is 4. The van der Waals surface area contributed by atoms with Gasteiger partial charge in [-0.15, -0.1) is 0 Å². The molecule has 184 valence electrons. The highest BCUT2D eigenvalue weighted by Crippen LogP contribution is 2.39. The number of hydrogen-bond donors (Lipinski definition) is 1. The van der Waals surface area contributed by atoms with Crippen molar-refractivity contribution in [3.63, 3.8) is 0 Å². The van der Waals surface area contributed by atoms with Crippen molar-refractivity contribution in [2.75, 3.05) is 16.3 Å². The van der Waals surface area contributed by atoms with E-state index in [1.165, 1.54) is 43.0 Å². The molecule has 35 heavy (non-hydrogen) atoms. The Bertz CT molecular complexity index is 1240. The van der Waals surface area contributed by atoms with Gasteiger partial charge in [-0.1, -0.05) is 13.3 Å². The first kappa shape index (κ1) is 26.1. The van der Waals surface area contributed by atoms with Crippen LogP contribution in [0.1, 0.15) is 55.1 Å². The SMILES string of the molecule is CCCCNC(=O)c1ccc(N2C(=S)N(c3ccc(C#N)c(C(F)(F)F)c3)C(=O)C2(C)C)cc1F. The summed E-state index contributed by atoms with van der Waals surface area (Å²) in [6.07, 6.45) is -3.22. The topological polar surface area (TPSA) is 76.4 Å². The van der Waals surface area contributed by atoms with Crippen molar-refractivity contribution in [3.05, 3.63) is 58.9 Å². The fourth-order valence-electron chi connectivity index (χ4n) is 3.76. The van der Waals surface area contributed by atoms with Crippen LogP contribution in [0.2, 0.25) is 0 Å². The third-order valence-corrected chi connectivity index (χ3v) is 5.99. The number of nitrogens with zero attached hydrogens (tertiary/aromatic N) is 3. The maximum absolute atomic E-state index is 14.8. The molecule has 11 heteroatoms. The molecule has 0 bridgehead atoms. The van der Waals surface area contributed by atoms with Crippen molar-refractivity contribution < 1.29 is 27.2 Å². The molecule has 1 heterocycles. The average molecular weight is 507 g/mol. The lowest BCUT2D eigenvalue weighted by atomic mass is 10.0. The summed E-state index contributed by atoms with van der Waals surface area (Å²) >= 11 is 5.43. The van der Waals surface area contributed by atoms with E-state index in [0.29, 0.717) is 12.6 Å². The molecule has 0 unspecified atom stereocenters. The number of benzene rings is 2. The minimum absolute atomic E-state index is 0.156. The lowest BCUT2D eigenvalue weighted by molar-refractivity contribution is -0.137. The van der Waals surface area contributed by atoms with Gasteiger partial charge in [0.2, 0.25) is 0 Å². The smallest absolute Gasteiger partial charge is 0.352 e. The minimum atomic E-state index is -4.82. The molecule has 1 aliphatic heterocycles. The molecular weight excluding hydrogens is 484 g/mol. The van der Waals surface area contributed by atoms with E-state index in [9.17, 15) is 27.2 Å². The van der Waals surface area contributed by atoms with Gasteiger partial charge in [-0.25, -0.2) is 4.39 Å². The third kappa shape index (κ3) is 4.84. The van der Waals surface area contributed by atoms with Crippen LogP contribution in [0.3, 0.4) is 0 Å². The van der Waals surface area contributed by atoms with Crippen LogP contribution >= 0.6 is 12.2 Å². The van der Waals surface area contributed by atoms with E-state index in [1.807, 2.05) is 6.92 Å². The van der Waals surface area contributed by atoms with Crippen LogP contribution in [0.5, 0.6) is 0 Å². The summed E-state index contributed by atoms with van der Waals surface area (Å²) in [5.74, 6) is -2.05. The van der Waals surface area contributed by atoms with Gasteiger partial charge >= 0.3 is 6.18 Å². The predicted molar refractivity (Wildman–Crippen MR) is 126 cm³/mol. The highest BCUT2D eigenvalue weighted by Gasteiger charge is 2.51. The van der Waals surface area contributed by atoms with Crippen LogP contribution < -0.4 is 15.1 Å². The number of thiocarbonyl (C=S) groups is 1. The summed E-state index contributed by atoms with van der Waals surface area (Å²) in [6.45, 7) is 5.35. The molecule has 2 aromatic carbocycles. The van der Waals surface area contributed by atoms with E-state index in [1.54, 1.807) is 0 Å². The molecule has 2 aromatic rings. The van der Waals surface area contributed by atoms with Gasteiger partial charge in [-0.3, -0.25) is 14.5 Å². The van der Waals surface area contributed by atoms with Crippen molar-refractivity contribution in [1.29, 1.82) is 5.26 Å². The molecule has 0 atom stereocenters. The largest absolute Gasteiger partial charge is 0.417 e. The molecule has 1 N–H and O–H groups in total. The maximum atomic E-state index is 14.8. The van der Waals surface area contributed by atoms with Gasteiger partial charge in [0.1, 0.15) is 11.4 Å². The summed E-state index contributed by atoms with van der Waals surface area (Å²) in [7, 11) is 0. The van der Waals surface area contributed by atoms with E-state index in [0.717, 1.165) is 29.9 Å². The minimum Gasteiger partial charge on any atom is -0.352 e. The van der Waals surface area contributed by atoms with Crippen LogP contribution in [0.25, 0.3) is 0 Å². The maximum Gasteiger partial charge on any atom is 0.417 e. The summed E-state index contributed by atoms with van der Waals surface area (Å²) < 4.78 is 55.2. The van der Waals surface area contributed by atoms with E-state index < -0.39 is 40.5 Å². The van der Waals surface area contributed by atoms with Crippen LogP contribution in [0, 0.1) is 17.1 Å². The number of halogens is 4. The predicted octanol–water partition coefficient (Wildman–Crippen LogP) is 5.16. The fraction of sp³-hybridized carbons (Fsp3) is 0.333. The summed E-state index contributed by atoms with van der Waals surface area (Å²) in [6, 6.07) is 8.08. The van der Waals surface area contributed by atoms with Gasteiger partial charge in [0.15, 0.2) is 5.11 Å². The zero-order chi connectivity index (χ0) is 26.1. The number of carbonyl (C=O) groups is 2. The Morgan fingerprint density at radius 2 is 1.83 bits per heavy atom. The van der Waals surface area contributed by atoms with Crippen LogP contribution in [0.15, 0.2) is 36.4 Å². The number of carbonyl (C=O) groups excluding carboxylic acids is 2. The molecule has 1 fully saturated rings. The third-order valence-electron chi connectivity index (χ3n) is 5.63. The van der Waals surface area contributed by atoms with Crippen molar-refractivity contribution >= 4 is 40.5 Å². The average Bonchev–Trinajstić information content (AvgIpc) is 2.96. The van der Waals surface area contributed by atoms with Crippen LogP contribution in [0.4, 0.5) is 28.9 Å². The number of amides is 2. The molecular formula is C24H22F4N4O2S. The van der Waals surface area contributed by atoms with Gasteiger partial charge in [0.05, 0.1) is 28.4 Å². The highest BCUT2D eigenvalue weighted by atomic mass is 32.1. The van der Waals surface area contributed by atoms with Gasteiger partial charge in [0, 0.05) is 12.2 Å². The second kappa shape index (κ2) is 9.62. The molecule has 6 nitrogen and oxygen atoms in total. The fourth-order valence-corrected chi connectivity index (χ4v) is 4.28. The van der Waals surface area contributed by atoms with Gasteiger partial charge in [-0.05, 0) is 68.9 Å². The van der Waals surface area contributed by atoms with E-state index in [-0.39, 0.29) is 22.1 Å². The molecule has 0 saturated carbocycles. The number of unbranched alkanes of at least 4 members (excludes halogenated alkanes) is 1. The normalized spacial score (nSPS) is 15.4. The monoisotopic (exact) mass is 506 g/mol. The molecule has 1 saturated heterocycles. The van der Waals surface area contributed by atoms with Gasteiger partial charge in [0.25, 0.3) is 11.8 Å². The Hall–Kier alpha value is -3.52. The van der Waals surface area contributed by atoms with Gasteiger partial charge < -0.3 is 10.2 Å². The number of rotatable bonds is 6.